The second kappa shape index (κ2) is 6.63. The average Bonchev–Trinajstić information content (AvgIpc) is 2.35. The monoisotopic (exact) mass is 224 g/mol. The van der Waals surface area contributed by atoms with Crippen LogP contribution in [0.1, 0.15) is 25.3 Å². The Bertz CT molecular complexity index is 286. The van der Waals surface area contributed by atoms with Crippen LogP contribution in [0.25, 0.3) is 0 Å². The first-order chi connectivity index (χ1) is 7.73. The molecule has 1 aromatic rings. The Morgan fingerprint density at radius 3 is 2.50 bits per heavy atom. The summed E-state index contributed by atoms with van der Waals surface area (Å²) in [7, 11) is 0. The van der Waals surface area contributed by atoms with Gasteiger partial charge in [-0.2, -0.15) is 0 Å². The zero-order valence-electron chi connectivity index (χ0n) is 9.72. The van der Waals surface area contributed by atoms with Crippen LogP contribution in [0.5, 0.6) is 0 Å². The predicted molar refractivity (Wildman–Crippen MR) is 63.2 cm³/mol. The summed E-state index contributed by atoms with van der Waals surface area (Å²) in [6.45, 7) is 2.50. The molecule has 0 aliphatic heterocycles. The van der Waals surface area contributed by atoms with E-state index in [2.05, 4.69) is 6.92 Å². The van der Waals surface area contributed by atoms with E-state index in [4.69, 9.17) is 4.74 Å². The molecule has 16 heavy (non-hydrogen) atoms. The summed E-state index contributed by atoms with van der Waals surface area (Å²) in [5.74, 6) is 0. The van der Waals surface area contributed by atoms with E-state index in [0.717, 1.165) is 12.8 Å². The molecule has 0 fully saturated rings. The lowest BCUT2D eigenvalue weighted by atomic mass is 9.96. The van der Waals surface area contributed by atoms with Crippen molar-refractivity contribution in [2.45, 2.75) is 25.4 Å². The van der Waals surface area contributed by atoms with Crippen molar-refractivity contribution in [1.29, 1.82) is 0 Å². The van der Waals surface area contributed by atoms with Crippen molar-refractivity contribution in [2.75, 3.05) is 19.8 Å². The van der Waals surface area contributed by atoms with Gasteiger partial charge in [0.2, 0.25) is 0 Å². The molecular formula is C13H20O3. The molecule has 0 unspecified atom stereocenters. The van der Waals surface area contributed by atoms with Crippen LogP contribution in [0.4, 0.5) is 0 Å². The molecule has 2 N–H and O–H groups in total. The molecule has 3 nitrogen and oxygen atoms in total. The van der Waals surface area contributed by atoms with Crippen LogP contribution in [-0.4, -0.2) is 30.0 Å². The third-order valence-electron chi connectivity index (χ3n) is 2.56. The molecule has 0 aromatic heterocycles. The van der Waals surface area contributed by atoms with Crippen LogP contribution < -0.4 is 0 Å². The van der Waals surface area contributed by atoms with Gasteiger partial charge in [-0.1, -0.05) is 43.7 Å². The molecule has 0 saturated heterocycles. The minimum atomic E-state index is -1.28. The number of unbranched alkanes of at least 4 members (excludes halogenated alkanes) is 1. The molecule has 3 heteroatoms. The number of rotatable bonds is 7. The molecule has 0 spiro atoms. The van der Waals surface area contributed by atoms with Gasteiger partial charge >= 0.3 is 0 Å². The molecule has 90 valence electrons. The highest BCUT2D eigenvalue weighted by molar-refractivity contribution is 5.22. The molecule has 1 rings (SSSR count). The van der Waals surface area contributed by atoms with E-state index in [-0.39, 0.29) is 13.2 Å². The fraction of sp³-hybridized carbons (Fsp3) is 0.538. The van der Waals surface area contributed by atoms with E-state index >= 15 is 0 Å². The molecule has 0 saturated carbocycles. The van der Waals surface area contributed by atoms with Crippen molar-refractivity contribution in [1.82, 2.24) is 0 Å². The number of hydrogen-bond acceptors (Lipinski definition) is 3. The van der Waals surface area contributed by atoms with Crippen LogP contribution in [0.15, 0.2) is 30.3 Å². The third-order valence-corrected chi connectivity index (χ3v) is 2.56. The maximum Gasteiger partial charge on any atom is 0.136 e. The third kappa shape index (κ3) is 3.59. The maximum absolute atomic E-state index is 10.2. The number of aliphatic hydroxyl groups is 2. The zero-order valence-corrected chi connectivity index (χ0v) is 9.72. The smallest absolute Gasteiger partial charge is 0.136 e. The van der Waals surface area contributed by atoms with Gasteiger partial charge in [-0.15, -0.1) is 0 Å². The van der Waals surface area contributed by atoms with Crippen molar-refractivity contribution in [3.8, 4) is 0 Å². The van der Waals surface area contributed by atoms with Crippen LogP contribution in [0.2, 0.25) is 0 Å². The van der Waals surface area contributed by atoms with Gasteiger partial charge in [0.1, 0.15) is 5.60 Å². The molecule has 0 radical (unpaired) electrons. The minimum absolute atomic E-state index is 0.132. The van der Waals surface area contributed by atoms with Crippen molar-refractivity contribution >= 4 is 0 Å². The summed E-state index contributed by atoms with van der Waals surface area (Å²) >= 11 is 0. The Labute approximate surface area is 96.7 Å². The van der Waals surface area contributed by atoms with E-state index in [9.17, 15) is 10.2 Å². The molecule has 1 atom stereocenters. The Morgan fingerprint density at radius 2 is 1.94 bits per heavy atom. The van der Waals surface area contributed by atoms with Crippen LogP contribution in [0.3, 0.4) is 0 Å². The molecule has 0 heterocycles. The first-order valence-corrected chi connectivity index (χ1v) is 5.69. The molecular weight excluding hydrogens is 204 g/mol. The highest BCUT2D eigenvalue weighted by atomic mass is 16.5. The Hall–Kier alpha value is -0.900. The minimum Gasteiger partial charge on any atom is -0.393 e. The average molecular weight is 224 g/mol. The van der Waals surface area contributed by atoms with Gasteiger partial charge in [-0.25, -0.2) is 0 Å². The summed E-state index contributed by atoms with van der Waals surface area (Å²) in [4.78, 5) is 0. The molecule has 0 aliphatic carbocycles. The summed E-state index contributed by atoms with van der Waals surface area (Å²) in [6, 6.07) is 9.13. The van der Waals surface area contributed by atoms with E-state index in [1.165, 1.54) is 0 Å². The number of aliphatic hydroxyl groups excluding tert-OH is 1. The lowest BCUT2D eigenvalue weighted by molar-refractivity contribution is -0.0832. The number of ether oxygens (including phenoxy) is 1. The normalized spacial score (nSPS) is 14.7. The van der Waals surface area contributed by atoms with Gasteiger partial charge in [0.15, 0.2) is 0 Å². The van der Waals surface area contributed by atoms with Crippen molar-refractivity contribution in [3.63, 3.8) is 0 Å². The second-order valence-corrected chi connectivity index (χ2v) is 3.96. The molecule has 0 bridgehead atoms. The highest BCUT2D eigenvalue weighted by Gasteiger charge is 2.28. The molecule has 1 aromatic carbocycles. The van der Waals surface area contributed by atoms with Crippen LogP contribution >= 0.6 is 0 Å². The Morgan fingerprint density at radius 1 is 1.25 bits per heavy atom. The van der Waals surface area contributed by atoms with Gasteiger partial charge in [0, 0.05) is 6.61 Å². The Balaban J connectivity index is 2.56. The van der Waals surface area contributed by atoms with Gasteiger partial charge in [-0.05, 0) is 12.0 Å². The number of hydrogen-bond donors (Lipinski definition) is 2. The lowest BCUT2D eigenvalue weighted by Gasteiger charge is -2.26. The SMILES string of the molecule is CCCCOC[C@](O)(CO)c1ccccc1. The first kappa shape index (κ1) is 13.2. The van der Waals surface area contributed by atoms with E-state index in [1.807, 2.05) is 18.2 Å². The summed E-state index contributed by atoms with van der Waals surface area (Å²) in [5.41, 5.74) is -0.594. The van der Waals surface area contributed by atoms with E-state index in [1.54, 1.807) is 12.1 Å². The number of benzene rings is 1. The second-order valence-electron chi connectivity index (χ2n) is 3.96. The van der Waals surface area contributed by atoms with E-state index in [0.29, 0.717) is 12.2 Å². The van der Waals surface area contributed by atoms with Crippen LogP contribution in [-0.2, 0) is 10.3 Å². The summed E-state index contributed by atoms with van der Waals surface area (Å²) in [6.07, 6.45) is 2.03. The zero-order chi connectivity index (χ0) is 11.9. The van der Waals surface area contributed by atoms with Gasteiger partial charge in [0.05, 0.1) is 13.2 Å². The fourth-order valence-corrected chi connectivity index (χ4v) is 1.46. The lowest BCUT2D eigenvalue weighted by Crippen LogP contribution is -2.35. The standard InChI is InChI=1S/C13H20O3/c1-2-3-9-16-11-13(15,10-14)12-7-5-4-6-8-12/h4-8,14-15H,2-3,9-11H2,1H3/t13-/m1/s1. The van der Waals surface area contributed by atoms with Gasteiger partial charge < -0.3 is 14.9 Å². The maximum atomic E-state index is 10.2. The molecule has 0 amide bonds. The predicted octanol–water partition coefficient (Wildman–Crippen LogP) is 1.68. The van der Waals surface area contributed by atoms with Crippen LogP contribution in [0, 0.1) is 0 Å². The van der Waals surface area contributed by atoms with Gasteiger partial charge in [-0.3, -0.25) is 0 Å². The van der Waals surface area contributed by atoms with E-state index < -0.39 is 5.60 Å². The topological polar surface area (TPSA) is 49.7 Å². The van der Waals surface area contributed by atoms with Gasteiger partial charge in [0.25, 0.3) is 0 Å². The fourth-order valence-electron chi connectivity index (χ4n) is 1.46. The van der Waals surface area contributed by atoms with Crippen molar-refractivity contribution in [3.05, 3.63) is 35.9 Å². The van der Waals surface area contributed by atoms with Crippen molar-refractivity contribution < 1.29 is 14.9 Å². The first-order valence-electron chi connectivity index (χ1n) is 5.69. The van der Waals surface area contributed by atoms with Crippen molar-refractivity contribution in [2.24, 2.45) is 0 Å². The largest absolute Gasteiger partial charge is 0.393 e. The summed E-state index contributed by atoms with van der Waals surface area (Å²) in [5, 5.41) is 19.5. The Kier molecular flexibility index (Phi) is 5.46. The molecule has 0 aliphatic rings. The quantitative estimate of drug-likeness (QED) is 0.693. The highest BCUT2D eigenvalue weighted by Crippen LogP contribution is 2.20. The summed E-state index contributed by atoms with van der Waals surface area (Å²) < 4.78 is 5.37.